The van der Waals surface area contributed by atoms with Gasteiger partial charge in [0.25, 0.3) is 0 Å². The highest BCUT2D eigenvalue weighted by molar-refractivity contribution is 5.90. The van der Waals surface area contributed by atoms with Crippen molar-refractivity contribution in [2.45, 2.75) is 20.8 Å². The molecule has 1 aliphatic rings. The molecular weight excluding hydrogens is 194 g/mol. The number of hydrogen-bond donors (Lipinski definition) is 0. The third-order valence-corrected chi connectivity index (χ3v) is 2.18. The molecule has 0 saturated heterocycles. The van der Waals surface area contributed by atoms with Crippen LogP contribution in [0.1, 0.15) is 20.8 Å². The molecule has 0 saturated carbocycles. The molecule has 1 rings (SSSR count). The molecular formula is C11H15NO3. The first-order valence-electron chi connectivity index (χ1n) is 4.92. The van der Waals surface area contributed by atoms with Gasteiger partial charge < -0.3 is 4.74 Å². The predicted molar refractivity (Wildman–Crippen MR) is 55.5 cm³/mol. The summed E-state index contributed by atoms with van der Waals surface area (Å²) in [5, 5.41) is 0. The lowest BCUT2D eigenvalue weighted by Gasteiger charge is -2.21. The highest BCUT2D eigenvalue weighted by atomic mass is 16.5. The van der Waals surface area contributed by atoms with Crippen molar-refractivity contribution in [2.24, 2.45) is 5.92 Å². The Balaban J connectivity index is 2.85. The third kappa shape index (κ3) is 2.68. The summed E-state index contributed by atoms with van der Waals surface area (Å²) >= 11 is 0. The summed E-state index contributed by atoms with van der Waals surface area (Å²) in [4.78, 5) is 24.0. The lowest BCUT2D eigenvalue weighted by atomic mass is 10.00. The standard InChI is InChI=1S/C11H15NO3/c1-4-15-11(14)10-7-12(9(3)13)6-5-8(10)2/h5-8H,4H2,1-3H3. The summed E-state index contributed by atoms with van der Waals surface area (Å²) in [6.45, 7) is 5.42. The maximum Gasteiger partial charge on any atom is 0.336 e. The van der Waals surface area contributed by atoms with Crippen molar-refractivity contribution in [1.29, 1.82) is 0 Å². The van der Waals surface area contributed by atoms with Gasteiger partial charge in [-0.15, -0.1) is 0 Å². The SMILES string of the molecule is CCOC(=O)C1=CN(C(C)=O)C=CC1C. The minimum atomic E-state index is -0.361. The van der Waals surface area contributed by atoms with E-state index in [1.165, 1.54) is 18.0 Å². The van der Waals surface area contributed by atoms with E-state index < -0.39 is 0 Å². The largest absolute Gasteiger partial charge is 0.463 e. The first-order valence-corrected chi connectivity index (χ1v) is 4.92. The first kappa shape index (κ1) is 11.5. The van der Waals surface area contributed by atoms with Crippen molar-refractivity contribution in [2.75, 3.05) is 6.61 Å². The van der Waals surface area contributed by atoms with Gasteiger partial charge in [-0.05, 0) is 6.92 Å². The van der Waals surface area contributed by atoms with Crippen LogP contribution in [0.2, 0.25) is 0 Å². The van der Waals surface area contributed by atoms with Crippen LogP contribution in [-0.4, -0.2) is 23.4 Å². The van der Waals surface area contributed by atoms with Gasteiger partial charge in [0.1, 0.15) is 0 Å². The van der Waals surface area contributed by atoms with E-state index in [2.05, 4.69) is 0 Å². The Morgan fingerprint density at radius 3 is 2.73 bits per heavy atom. The van der Waals surface area contributed by atoms with Crippen LogP contribution in [-0.2, 0) is 14.3 Å². The van der Waals surface area contributed by atoms with E-state index in [0.29, 0.717) is 12.2 Å². The summed E-state index contributed by atoms with van der Waals surface area (Å²) in [5.74, 6) is -0.500. The van der Waals surface area contributed by atoms with Gasteiger partial charge in [-0.25, -0.2) is 4.79 Å². The van der Waals surface area contributed by atoms with Crippen molar-refractivity contribution < 1.29 is 14.3 Å². The number of carbonyl (C=O) groups is 2. The van der Waals surface area contributed by atoms with E-state index in [-0.39, 0.29) is 17.8 Å². The normalized spacial score (nSPS) is 19.8. The minimum absolute atomic E-state index is 0.0142. The van der Waals surface area contributed by atoms with E-state index >= 15 is 0 Å². The van der Waals surface area contributed by atoms with Gasteiger partial charge in [0.05, 0.1) is 12.2 Å². The van der Waals surface area contributed by atoms with E-state index in [1.54, 1.807) is 19.2 Å². The third-order valence-electron chi connectivity index (χ3n) is 2.18. The van der Waals surface area contributed by atoms with E-state index in [0.717, 1.165) is 0 Å². The zero-order valence-electron chi connectivity index (χ0n) is 9.19. The summed E-state index contributed by atoms with van der Waals surface area (Å²) in [7, 11) is 0. The minimum Gasteiger partial charge on any atom is -0.463 e. The van der Waals surface area contributed by atoms with Crippen molar-refractivity contribution in [3.05, 3.63) is 24.0 Å². The Morgan fingerprint density at radius 1 is 1.53 bits per heavy atom. The quantitative estimate of drug-likeness (QED) is 0.646. The van der Waals surface area contributed by atoms with E-state index in [4.69, 9.17) is 4.74 Å². The fraction of sp³-hybridized carbons (Fsp3) is 0.455. The molecule has 0 radical (unpaired) electrons. The Kier molecular flexibility index (Phi) is 3.66. The lowest BCUT2D eigenvalue weighted by molar-refractivity contribution is -0.139. The molecule has 0 aromatic heterocycles. The number of esters is 1. The molecule has 0 N–H and O–H groups in total. The fourth-order valence-electron chi connectivity index (χ4n) is 1.28. The molecule has 0 aromatic carbocycles. The van der Waals surface area contributed by atoms with Gasteiger partial charge in [0, 0.05) is 25.2 Å². The van der Waals surface area contributed by atoms with E-state index in [9.17, 15) is 9.59 Å². The predicted octanol–water partition coefficient (Wildman–Crippen LogP) is 1.45. The second-order valence-corrected chi connectivity index (χ2v) is 3.36. The fourth-order valence-corrected chi connectivity index (χ4v) is 1.28. The molecule has 0 fully saturated rings. The molecule has 1 heterocycles. The van der Waals surface area contributed by atoms with Crippen LogP contribution in [0.5, 0.6) is 0 Å². The molecule has 1 amide bonds. The molecule has 82 valence electrons. The second-order valence-electron chi connectivity index (χ2n) is 3.36. The van der Waals surface area contributed by atoms with Crippen LogP contribution in [0.25, 0.3) is 0 Å². The zero-order chi connectivity index (χ0) is 11.4. The average molecular weight is 209 g/mol. The molecule has 4 heteroatoms. The zero-order valence-corrected chi connectivity index (χ0v) is 9.19. The number of hydrogen-bond acceptors (Lipinski definition) is 3. The summed E-state index contributed by atoms with van der Waals surface area (Å²) < 4.78 is 4.90. The van der Waals surface area contributed by atoms with Gasteiger partial charge >= 0.3 is 5.97 Å². The number of amides is 1. The van der Waals surface area contributed by atoms with Crippen molar-refractivity contribution in [3.8, 4) is 0 Å². The topological polar surface area (TPSA) is 46.6 Å². The highest BCUT2D eigenvalue weighted by Crippen LogP contribution is 2.20. The Bertz CT molecular complexity index is 331. The van der Waals surface area contributed by atoms with Crippen molar-refractivity contribution in [3.63, 3.8) is 0 Å². The maximum absolute atomic E-state index is 11.5. The molecule has 1 aliphatic heterocycles. The number of ether oxygens (including phenoxy) is 1. The molecule has 0 bridgehead atoms. The van der Waals surface area contributed by atoms with Crippen molar-refractivity contribution >= 4 is 11.9 Å². The lowest BCUT2D eigenvalue weighted by Crippen LogP contribution is -2.25. The number of allylic oxidation sites excluding steroid dienone is 1. The molecule has 4 nitrogen and oxygen atoms in total. The Labute approximate surface area is 89.2 Å². The molecule has 0 spiro atoms. The van der Waals surface area contributed by atoms with Gasteiger partial charge in [0.2, 0.25) is 5.91 Å². The van der Waals surface area contributed by atoms with Crippen LogP contribution in [0.15, 0.2) is 24.0 Å². The molecule has 0 aromatic rings. The highest BCUT2D eigenvalue weighted by Gasteiger charge is 2.21. The monoisotopic (exact) mass is 209 g/mol. The Morgan fingerprint density at radius 2 is 2.20 bits per heavy atom. The van der Waals surface area contributed by atoms with Crippen LogP contribution in [0.4, 0.5) is 0 Å². The second kappa shape index (κ2) is 4.77. The smallest absolute Gasteiger partial charge is 0.336 e. The van der Waals surface area contributed by atoms with Crippen LogP contribution in [0, 0.1) is 5.92 Å². The maximum atomic E-state index is 11.5. The van der Waals surface area contributed by atoms with Crippen LogP contribution in [0.3, 0.4) is 0 Å². The number of nitrogens with zero attached hydrogens (tertiary/aromatic N) is 1. The van der Waals surface area contributed by atoms with Gasteiger partial charge in [-0.2, -0.15) is 0 Å². The summed E-state index contributed by atoms with van der Waals surface area (Å²) in [5.41, 5.74) is 0.509. The summed E-state index contributed by atoms with van der Waals surface area (Å²) in [6, 6.07) is 0. The summed E-state index contributed by atoms with van der Waals surface area (Å²) in [6.07, 6.45) is 4.99. The molecule has 1 unspecified atom stereocenters. The molecule has 1 atom stereocenters. The van der Waals surface area contributed by atoms with Crippen LogP contribution >= 0.6 is 0 Å². The molecule has 0 aliphatic carbocycles. The van der Waals surface area contributed by atoms with Gasteiger partial charge in [0.15, 0.2) is 0 Å². The van der Waals surface area contributed by atoms with Crippen molar-refractivity contribution in [1.82, 2.24) is 4.90 Å². The van der Waals surface area contributed by atoms with Gasteiger partial charge in [-0.3, -0.25) is 9.69 Å². The molecule has 15 heavy (non-hydrogen) atoms. The van der Waals surface area contributed by atoms with Gasteiger partial charge in [-0.1, -0.05) is 13.0 Å². The average Bonchev–Trinajstić information content (AvgIpc) is 2.18. The number of carbonyl (C=O) groups excluding carboxylic acids is 2. The Hall–Kier alpha value is -1.58. The van der Waals surface area contributed by atoms with E-state index in [1.807, 2.05) is 6.92 Å². The first-order chi connectivity index (χ1) is 7.06. The van der Waals surface area contributed by atoms with Crippen LogP contribution < -0.4 is 0 Å². The number of rotatable bonds is 2.